The first-order valence-electron chi connectivity index (χ1n) is 5.62. The highest BCUT2D eigenvalue weighted by Crippen LogP contribution is 2.19. The van der Waals surface area contributed by atoms with Crippen molar-refractivity contribution in [2.24, 2.45) is 5.92 Å². The summed E-state index contributed by atoms with van der Waals surface area (Å²) < 4.78 is 0. The van der Waals surface area contributed by atoms with E-state index in [1.165, 1.54) is 25.9 Å². The maximum Gasteiger partial charge on any atom is 0.237 e. The van der Waals surface area contributed by atoms with Crippen LogP contribution in [0.4, 0.5) is 0 Å². The average Bonchev–Trinajstić information content (AvgIpc) is 2.26. The Balaban J connectivity index is 2.17. The lowest BCUT2D eigenvalue weighted by Gasteiger charge is -2.30. The summed E-state index contributed by atoms with van der Waals surface area (Å²) in [5.74, 6) is 0.917. The van der Waals surface area contributed by atoms with Gasteiger partial charge in [-0.05, 0) is 45.3 Å². The van der Waals surface area contributed by atoms with Gasteiger partial charge in [-0.15, -0.1) is 11.6 Å². The molecule has 4 heteroatoms. The van der Waals surface area contributed by atoms with Crippen LogP contribution >= 0.6 is 11.6 Å². The van der Waals surface area contributed by atoms with Crippen LogP contribution in [0.1, 0.15) is 19.3 Å². The lowest BCUT2D eigenvalue weighted by Crippen LogP contribution is -2.34. The second kappa shape index (κ2) is 6.33. The van der Waals surface area contributed by atoms with Crippen molar-refractivity contribution in [1.29, 1.82) is 0 Å². The van der Waals surface area contributed by atoms with Crippen molar-refractivity contribution in [1.82, 2.24) is 9.80 Å². The number of carbonyl (C=O) groups is 1. The highest BCUT2D eigenvalue weighted by Gasteiger charge is 2.17. The Morgan fingerprint density at radius 2 is 2.07 bits per heavy atom. The van der Waals surface area contributed by atoms with Gasteiger partial charge in [0.1, 0.15) is 5.88 Å². The van der Waals surface area contributed by atoms with E-state index in [-0.39, 0.29) is 11.8 Å². The van der Waals surface area contributed by atoms with Gasteiger partial charge in [0.2, 0.25) is 5.91 Å². The number of carbonyl (C=O) groups excluding carboxylic acids is 1. The fourth-order valence-electron chi connectivity index (χ4n) is 1.95. The minimum Gasteiger partial charge on any atom is -0.345 e. The third kappa shape index (κ3) is 4.39. The van der Waals surface area contributed by atoms with Crippen molar-refractivity contribution < 1.29 is 4.79 Å². The average molecular weight is 233 g/mol. The quantitative estimate of drug-likeness (QED) is 0.685. The molecule has 0 bridgehead atoms. The number of piperidine rings is 1. The van der Waals surface area contributed by atoms with E-state index in [1.807, 2.05) is 7.05 Å². The Morgan fingerprint density at radius 1 is 1.47 bits per heavy atom. The Bertz CT molecular complexity index is 203. The predicted molar refractivity (Wildman–Crippen MR) is 63.2 cm³/mol. The Morgan fingerprint density at radius 3 is 2.60 bits per heavy atom. The van der Waals surface area contributed by atoms with Gasteiger partial charge in [-0.1, -0.05) is 0 Å². The molecule has 0 radical (unpaired) electrons. The van der Waals surface area contributed by atoms with Crippen LogP contribution in [0.2, 0.25) is 0 Å². The number of hydrogen-bond acceptors (Lipinski definition) is 2. The van der Waals surface area contributed by atoms with Crippen LogP contribution < -0.4 is 0 Å². The molecule has 0 atom stereocenters. The van der Waals surface area contributed by atoms with E-state index >= 15 is 0 Å². The molecule has 0 saturated carbocycles. The fraction of sp³-hybridized carbons (Fsp3) is 0.909. The monoisotopic (exact) mass is 232 g/mol. The van der Waals surface area contributed by atoms with Crippen LogP contribution in [-0.2, 0) is 4.79 Å². The SMILES string of the molecule is CN1CCC(CCN(C)C(=O)CCl)CC1. The first-order chi connectivity index (χ1) is 7.13. The largest absolute Gasteiger partial charge is 0.345 e. The molecule has 1 aliphatic rings. The Hall–Kier alpha value is -0.280. The first-order valence-corrected chi connectivity index (χ1v) is 6.15. The summed E-state index contributed by atoms with van der Waals surface area (Å²) in [6.45, 7) is 3.23. The maximum atomic E-state index is 11.2. The molecule has 0 unspecified atom stereocenters. The first kappa shape index (κ1) is 12.8. The lowest BCUT2D eigenvalue weighted by atomic mass is 9.94. The summed E-state index contributed by atoms with van der Waals surface area (Å²) in [5.41, 5.74) is 0. The van der Waals surface area contributed by atoms with Crippen molar-refractivity contribution in [2.75, 3.05) is 39.6 Å². The number of halogens is 1. The molecule has 0 aromatic rings. The maximum absolute atomic E-state index is 11.2. The second-order valence-electron chi connectivity index (χ2n) is 4.48. The molecule has 0 aliphatic carbocycles. The summed E-state index contributed by atoms with van der Waals surface area (Å²) in [5, 5.41) is 0. The zero-order valence-electron chi connectivity index (χ0n) is 9.71. The van der Waals surface area contributed by atoms with E-state index < -0.39 is 0 Å². The summed E-state index contributed by atoms with van der Waals surface area (Å²) >= 11 is 5.49. The summed E-state index contributed by atoms with van der Waals surface area (Å²) in [6, 6.07) is 0. The van der Waals surface area contributed by atoms with Crippen molar-refractivity contribution >= 4 is 17.5 Å². The number of rotatable bonds is 4. The highest BCUT2D eigenvalue weighted by atomic mass is 35.5. The third-order valence-electron chi connectivity index (χ3n) is 3.25. The number of hydrogen-bond donors (Lipinski definition) is 0. The number of likely N-dealkylation sites (tertiary alicyclic amines) is 1. The molecule has 0 spiro atoms. The molecule has 1 amide bonds. The van der Waals surface area contributed by atoms with E-state index in [9.17, 15) is 4.79 Å². The van der Waals surface area contributed by atoms with Gasteiger partial charge in [-0.2, -0.15) is 0 Å². The van der Waals surface area contributed by atoms with E-state index in [1.54, 1.807) is 4.90 Å². The standard InChI is InChI=1S/C11H21ClN2O/c1-13-6-3-10(4-7-13)5-8-14(2)11(15)9-12/h10H,3-9H2,1-2H3. The molecule has 0 aromatic heterocycles. The van der Waals surface area contributed by atoms with Crippen molar-refractivity contribution in [2.45, 2.75) is 19.3 Å². The molecule has 0 N–H and O–H groups in total. The van der Waals surface area contributed by atoms with Crippen LogP contribution in [0.3, 0.4) is 0 Å². The highest BCUT2D eigenvalue weighted by molar-refractivity contribution is 6.27. The molecule has 15 heavy (non-hydrogen) atoms. The molecule has 1 saturated heterocycles. The van der Waals surface area contributed by atoms with Crippen LogP contribution in [0.15, 0.2) is 0 Å². The van der Waals surface area contributed by atoms with Gasteiger partial charge in [0, 0.05) is 13.6 Å². The molecular formula is C11H21ClN2O. The van der Waals surface area contributed by atoms with Gasteiger partial charge in [0.25, 0.3) is 0 Å². The van der Waals surface area contributed by atoms with E-state index in [2.05, 4.69) is 11.9 Å². The van der Waals surface area contributed by atoms with Gasteiger partial charge < -0.3 is 9.80 Å². The van der Waals surface area contributed by atoms with Crippen LogP contribution in [0.5, 0.6) is 0 Å². The topological polar surface area (TPSA) is 23.6 Å². The van der Waals surface area contributed by atoms with Crippen LogP contribution in [0.25, 0.3) is 0 Å². The zero-order valence-corrected chi connectivity index (χ0v) is 10.5. The molecule has 1 aliphatic heterocycles. The minimum absolute atomic E-state index is 0.0320. The molecule has 1 rings (SSSR count). The Labute approximate surface area is 97.4 Å². The minimum atomic E-state index is 0.0320. The molecule has 0 aromatic carbocycles. The molecule has 1 heterocycles. The normalized spacial score (nSPS) is 19.1. The van der Waals surface area contributed by atoms with Crippen molar-refractivity contribution in [3.8, 4) is 0 Å². The zero-order chi connectivity index (χ0) is 11.3. The molecule has 3 nitrogen and oxygen atoms in total. The second-order valence-corrected chi connectivity index (χ2v) is 4.75. The van der Waals surface area contributed by atoms with E-state index in [0.29, 0.717) is 0 Å². The predicted octanol–water partition coefficient (Wildman–Crippen LogP) is 1.42. The number of amides is 1. The van der Waals surface area contributed by atoms with Gasteiger partial charge in [-0.25, -0.2) is 0 Å². The van der Waals surface area contributed by atoms with Gasteiger partial charge in [0.15, 0.2) is 0 Å². The third-order valence-corrected chi connectivity index (χ3v) is 3.48. The molecule has 1 fully saturated rings. The smallest absolute Gasteiger partial charge is 0.237 e. The van der Waals surface area contributed by atoms with Gasteiger partial charge in [-0.3, -0.25) is 4.79 Å². The van der Waals surface area contributed by atoms with E-state index in [4.69, 9.17) is 11.6 Å². The van der Waals surface area contributed by atoms with Crippen LogP contribution in [-0.4, -0.2) is 55.3 Å². The number of nitrogens with zero attached hydrogens (tertiary/aromatic N) is 2. The molecular weight excluding hydrogens is 212 g/mol. The van der Waals surface area contributed by atoms with Gasteiger partial charge in [0.05, 0.1) is 0 Å². The summed E-state index contributed by atoms with van der Waals surface area (Å²) in [6.07, 6.45) is 3.64. The van der Waals surface area contributed by atoms with Gasteiger partial charge >= 0.3 is 0 Å². The Kier molecular flexibility index (Phi) is 5.40. The summed E-state index contributed by atoms with van der Waals surface area (Å²) in [7, 11) is 4.00. The summed E-state index contributed by atoms with van der Waals surface area (Å²) in [4.78, 5) is 15.3. The molecule has 88 valence electrons. The fourth-order valence-corrected chi connectivity index (χ4v) is 2.16. The van der Waals surface area contributed by atoms with Crippen LogP contribution in [0, 0.1) is 5.92 Å². The number of alkyl halides is 1. The lowest BCUT2D eigenvalue weighted by molar-refractivity contribution is -0.127. The van der Waals surface area contributed by atoms with Crippen molar-refractivity contribution in [3.63, 3.8) is 0 Å². The van der Waals surface area contributed by atoms with E-state index in [0.717, 1.165) is 18.9 Å². The van der Waals surface area contributed by atoms with Crippen molar-refractivity contribution in [3.05, 3.63) is 0 Å².